The van der Waals surface area contributed by atoms with Gasteiger partial charge in [0.25, 0.3) is 30.6 Å². The van der Waals surface area contributed by atoms with Crippen LogP contribution in [0.15, 0.2) is 0 Å². The van der Waals surface area contributed by atoms with Crippen LogP contribution in [0.25, 0.3) is 0 Å². The number of carbonyl (C=O) groups excluding carboxylic acids is 5. The third-order valence-corrected chi connectivity index (χ3v) is 20.9. The van der Waals surface area contributed by atoms with Gasteiger partial charge in [0.1, 0.15) is 42.3 Å². The summed E-state index contributed by atoms with van der Waals surface area (Å²) in [6, 6.07) is -3.29. The molecule has 36 nitrogen and oxygen atoms in total. The van der Waals surface area contributed by atoms with E-state index in [0.29, 0.717) is 64.5 Å². The number of carbonyl (C=O) groups is 7. The van der Waals surface area contributed by atoms with E-state index in [1.54, 1.807) is 4.67 Å². The number of hydrogen-bond donors (Lipinski definition) is 8. The van der Waals surface area contributed by atoms with E-state index < -0.39 is 107 Å². The molecule has 0 bridgehead atoms. The van der Waals surface area contributed by atoms with Gasteiger partial charge in [0.05, 0.1) is 35.5 Å². The Hall–Kier alpha value is -1.12. The van der Waals surface area contributed by atoms with Crippen molar-refractivity contribution in [3.05, 3.63) is 0 Å². The zero-order chi connectivity index (χ0) is 74.7. The number of nitrogens with one attached hydrogen (secondary N) is 4. The molecule has 7 saturated heterocycles. The molecule has 7 aliphatic rings. The predicted octanol–water partition coefficient (Wildman–Crippen LogP) is 2.52. The van der Waals surface area contributed by atoms with Gasteiger partial charge in [-0.2, -0.15) is 59.3 Å². The fraction of sp³-hybridized carbons (Fsp3) is 0.844. The van der Waals surface area contributed by atoms with Gasteiger partial charge in [-0.05, 0) is 96.4 Å². The number of esters is 5. The number of carboxylic acids is 2. The molecule has 0 aromatic heterocycles. The predicted molar refractivity (Wildman–Crippen MR) is 371 cm³/mol. The van der Waals surface area contributed by atoms with Crippen LogP contribution in [0.1, 0.15) is 97.3 Å². The van der Waals surface area contributed by atoms with Crippen LogP contribution in [-0.4, -0.2) is 282 Å². The summed E-state index contributed by atoms with van der Waals surface area (Å²) in [5, 5.41) is 27.3. The topological polar surface area (TPSA) is 485 Å². The number of aliphatic hydroxyl groups excluding tert-OH is 1. The van der Waals surface area contributed by atoms with Gasteiger partial charge >= 0.3 is 120 Å². The maximum atomic E-state index is 11.4. The van der Waals surface area contributed by atoms with Gasteiger partial charge in [0.15, 0.2) is 0 Å². The second-order valence-corrected chi connectivity index (χ2v) is 47.3. The average molecular weight is 1690 g/mol. The molecule has 0 amide bonds. The zero-order valence-electron chi connectivity index (χ0n) is 53.1. The Balaban J connectivity index is -0.000000500. The fourth-order valence-electron chi connectivity index (χ4n) is 9.06. The Labute approximate surface area is 600 Å². The minimum Gasteiger partial charge on any atom is -0.480 e. The summed E-state index contributed by atoms with van der Waals surface area (Å²) >= 11 is 24.9. The van der Waals surface area contributed by atoms with Crippen molar-refractivity contribution in [2.45, 2.75) is 140 Å². The van der Waals surface area contributed by atoms with Crippen molar-refractivity contribution in [3.8, 4) is 0 Å². The van der Waals surface area contributed by atoms with Crippen molar-refractivity contribution >= 4 is 191 Å². The van der Waals surface area contributed by atoms with Gasteiger partial charge in [-0.3, -0.25) is 47.5 Å². The van der Waals surface area contributed by atoms with E-state index in [9.17, 15) is 67.2 Å². The number of rotatable bonds is 14. The van der Waals surface area contributed by atoms with Crippen LogP contribution in [0.2, 0.25) is 0 Å². The smallest absolute Gasteiger partial charge is 0.353 e. The summed E-state index contributed by atoms with van der Waals surface area (Å²) in [6.07, 6.45) is 10.3. The van der Waals surface area contributed by atoms with Gasteiger partial charge in [0, 0.05) is 88.9 Å². The molecule has 9 atom stereocenters. The molecule has 0 aromatic rings. The number of halogens is 7. The van der Waals surface area contributed by atoms with Crippen LogP contribution in [0.5, 0.6) is 0 Å². The van der Waals surface area contributed by atoms with Crippen LogP contribution in [-0.2, 0) is 106 Å². The van der Waals surface area contributed by atoms with E-state index in [2.05, 4.69) is 72.6 Å². The van der Waals surface area contributed by atoms with E-state index in [4.69, 9.17) is 95.2 Å². The summed E-state index contributed by atoms with van der Waals surface area (Å²) in [4.78, 5) is 76.2. The number of aliphatic hydroxyl groups is 1. The number of carboxylic acid groups (broad SMARTS) is 2. The van der Waals surface area contributed by atoms with E-state index in [0.717, 1.165) is 82.5 Å². The molecule has 96 heavy (non-hydrogen) atoms. The van der Waals surface area contributed by atoms with Crippen molar-refractivity contribution in [2.75, 3.05) is 110 Å². The van der Waals surface area contributed by atoms with Crippen LogP contribution < -0.4 is 19.5 Å². The molecular weight excluding hydrogens is 1600 g/mol. The summed E-state index contributed by atoms with van der Waals surface area (Å²) in [5.74, 6) is -3.59. The number of ether oxygens (including phenoxy) is 5. The van der Waals surface area contributed by atoms with Gasteiger partial charge in [0.2, 0.25) is 0 Å². The third-order valence-electron chi connectivity index (χ3n) is 13.4. The maximum Gasteiger partial charge on any atom is 0.353 e. The van der Waals surface area contributed by atoms with Crippen LogP contribution in [0.3, 0.4) is 0 Å². The maximum absolute atomic E-state index is 11.4. The Kier molecular flexibility index (Phi) is 51.4. The first kappa shape index (κ1) is 101. The second kappa shape index (κ2) is 48.8. The average Bonchev–Trinajstić information content (AvgIpc) is 1.82. The molecule has 0 aromatic carbocycles. The molecule has 0 radical (unpaired) electrons. The monoisotopic (exact) mass is 1690 g/mol. The number of methoxy groups -OCH3 is 5. The standard InChI is InChI=1S/2C7H14N2O4S.C6H10ClNO4S.C6H12N2O4S.C6H12NO2P.C6H11NO2.C5H10NO2P.CH4O.CH4.Cl5P.ClHO3S/c2*1-8-14(11,12)9-5-3-4-6(9)7(10)13-2;1-12-6(9)5-3-2-4-8(5)13(7,10)11;1-7-13(11,12)8-4-2-3-5(8)6(9)10;1-9-6(8)5-3-2-4-7(5)10;1-9-6(8)5-3-2-4-7-5;7-5(8)4-2-1-3-6(4)9;1-2;;1-6(2,3,4)5;1-5(2,3)4/h2*6,8H,3-5H2,1-2H3;5H,2-4H2,1H3;5,7H,2-4H2,1H3,(H,9,10);5H,2-4,10H2,1H3;5,7H,2-4H2,1H3;4H,1-3,9H2,(H,7,8);2H,1H3;1H4;;(H,2,3,4). The first-order chi connectivity index (χ1) is 43.5. The van der Waals surface area contributed by atoms with Crippen LogP contribution in [0, 0.1) is 0 Å². The fourth-order valence-corrected chi connectivity index (χ4v) is 14.7. The van der Waals surface area contributed by atoms with Crippen molar-refractivity contribution in [2.24, 2.45) is 0 Å². The molecule has 9 unspecified atom stereocenters. The molecule has 7 fully saturated rings. The molecule has 8 N–H and O–H groups in total. The Bertz CT molecular complexity index is 2910. The molecular formula is C45H92Cl7N10O26P3S5. The minimum atomic E-state index is -4.19. The summed E-state index contributed by atoms with van der Waals surface area (Å²) in [6.45, 7) is 4.10. The molecule has 7 heterocycles. The van der Waals surface area contributed by atoms with Crippen molar-refractivity contribution in [1.82, 2.24) is 46.0 Å². The molecule has 0 saturated carbocycles. The SMILES string of the molecule is C.CNS(=O)(=O)N1CCCC1C(=O)O.CNS(=O)(=O)N1CCCC1C(=O)OC.CNS(=O)(=O)N1CCCC1C(=O)OC.CO.COC(=O)C1CCCN1.COC(=O)C1CCCN1P.COC(=O)C1CCCN1S(=O)(=O)Cl.ClP(Cl)(Cl)(Cl)Cl.O=C(O)C1CCCN1P.O=S(=O)(O)Cl. The van der Waals surface area contributed by atoms with E-state index in [1.807, 2.05) is 4.67 Å². The first-order valence-electron chi connectivity index (χ1n) is 27.7. The summed E-state index contributed by atoms with van der Waals surface area (Å²) in [5.41, 5.74) is 0. The van der Waals surface area contributed by atoms with Crippen LogP contribution in [0.4, 0.5) is 0 Å². The van der Waals surface area contributed by atoms with Gasteiger partial charge in [-0.15, -0.1) is 0 Å². The third kappa shape index (κ3) is 41.8. The van der Waals surface area contributed by atoms with E-state index >= 15 is 0 Å². The molecule has 7 aliphatic heterocycles. The van der Waals surface area contributed by atoms with E-state index in [1.165, 1.54) is 56.7 Å². The minimum absolute atomic E-state index is 0. The van der Waals surface area contributed by atoms with Crippen molar-refractivity contribution in [3.63, 3.8) is 0 Å². The number of nitrogens with zero attached hydrogens (tertiary/aromatic N) is 6. The second-order valence-electron chi connectivity index (χ2n) is 19.4. The van der Waals surface area contributed by atoms with Crippen LogP contribution >= 0.6 is 99.7 Å². The quantitative estimate of drug-likeness (QED) is 0.0407. The number of aliphatic carboxylic acids is 2. The molecule has 0 spiro atoms. The Morgan fingerprint density at radius 1 is 0.438 bits per heavy atom. The zero-order valence-corrected chi connectivity index (χ0v) is 65.7. The Morgan fingerprint density at radius 2 is 0.677 bits per heavy atom. The molecule has 0 aliphatic carbocycles. The Morgan fingerprint density at radius 3 is 0.906 bits per heavy atom. The van der Waals surface area contributed by atoms with Gasteiger partial charge in [-0.25, -0.2) is 14.2 Å². The molecule has 7 rings (SSSR count). The van der Waals surface area contributed by atoms with E-state index in [-0.39, 0.29) is 50.6 Å². The number of hydrogen-bond acceptors (Lipinski definition) is 26. The van der Waals surface area contributed by atoms with Gasteiger partial charge in [-0.1, -0.05) is 26.2 Å². The summed E-state index contributed by atoms with van der Waals surface area (Å²) < 4.78 is 149. The largest absolute Gasteiger partial charge is 0.480 e. The molecule has 572 valence electrons. The van der Waals surface area contributed by atoms with Gasteiger partial charge < -0.3 is 44.3 Å². The van der Waals surface area contributed by atoms with Crippen molar-refractivity contribution < 1.29 is 119 Å². The summed E-state index contributed by atoms with van der Waals surface area (Å²) in [7, 11) is 7.03. The molecule has 51 heteroatoms. The van der Waals surface area contributed by atoms with Crippen molar-refractivity contribution in [1.29, 1.82) is 0 Å². The first-order valence-corrected chi connectivity index (χ1v) is 44.4. The normalized spacial score (nSPS) is 23.4.